The number of benzene rings is 3. The molecule has 0 aliphatic carbocycles. The molecule has 0 heterocycles. The van der Waals surface area contributed by atoms with Crippen molar-refractivity contribution >= 4 is 23.2 Å². The predicted molar refractivity (Wildman–Crippen MR) is 120 cm³/mol. The molecule has 0 unspecified atom stereocenters. The van der Waals surface area contributed by atoms with Crippen molar-refractivity contribution in [1.29, 1.82) is 0 Å². The third-order valence-corrected chi connectivity index (χ3v) is 4.71. The van der Waals surface area contributed by atoms with Crippen molar-refractivity contribution in [3.63, 3.8) is 0 Å². The van der Waals surface area contributed by atoms with Gasteiger partial charge in [0.15, 0.2) is 0 Å². The number of amides is 2. The third-order valence-electron chi connectivity index (χ3n) is 4.71. The summed E-state index contributed by atoms with van der Waals surface area (Å²) in [5.74, 6) is 0.402. The van der Waals surface area contributed by atoms with E-state index in [9.17, 15) is 9.59 Å². The number of hydrogen-bond acceptors (Lipinski definition) is 3. The van der Waals surface area contributed by atoms with E-state index >= 15 is 0 Å². The number of hydrogen-bond donors (Lipinski definition) is 2. The second-order valence-corrected chi connectivity index (χ2v) is 7.36. The first-order valence-corrected chi connectivity index (χ1v) is 9.89. The fraction of sp³-hybridized carbons (Fsp3) is 0.200. The van der Waals surface area contributed by atoms with E-state index in [1.165, 1.54) is 5.56 Å². The number of anilines is 2. The van der Waals surface area contributed by atoms with E-state index in [1.54, 1.807) is 31.4 Å². The van der Waals surface area contributed by atoms with E-state index in [2.05, 4.69) is 22.8 Å². The lowest BCUT2D eigenvalue weighted by molar-refractivity contribution is -0.118. The van der Waals surface area contributed by atoms with Crippen LogP contribution in [0.15, 0.2) is 72.8 Å². The summed E-state index contributed by atoms with van der Waals surface area (Å²) >= 11 is 0. The van der Waals surface area contributed by atoms with Gasteiger partial charge in [0.2, 0.25) is 5.91 Å². The fourth-order valence-corrected chi connectivity index (χ4v) is 3.01. The molecule has 0 aromatic heterocycles. The minimum absolute atomic E-state index is 0.0589. The second-order valence-electron chi connectivity index (χ2n) is 7.36. The summed E-state index contributed by atoms with van der Waals surface area (Å²) in [6, 6.07) is 22.6. The number of methoxy groups -OCH3 is 1. The van der Waals surface area contributed by atoms with Crippen molar-refractivity contribution in [2.45, 2.75) is 20.3 Å². The van der Waals surface area contributed by atoms with Gasteiger partial charge in [-0.15, -0.1) is 0 Å². The minimum Gasteiger partial charge on any atom is -0.496 e. The van der Waals surface area contributed by atoms with Gasteiger partial charge in [0.1, 0.15) is 5.75 Å². The molecule has 0 saturated heterocycles. The summed E-state index contributed by atoms with van der Waals surface area (Å²) in [4.78, 5) is 24.4. The molecule has 5 heteroatoms. The molecule has 3 aromatic rings. The smallest absolute Gasteiger partial charge is 0.255 e. The van der Waals surface area contributed by atoms with Crippen LogP contribution in [0.1, 0.15) is 35.3 Å². The van der Waals surface area contributed by atoms with Gasteiger partial charge in [-0.3, -0.25) is 9.59 Å². The van der Waals surface area contributed by atoms with Crippen LogP contribution in [-0.2, 0) is 11.2 Å². The summed E-state index contributed by atoms with van der Waals surface area (Å²) in [7, 11) is 1.64. The average Bonchev–Trinajstić information content (AvgIpc) is 2.75. The first kappa shape index (κ1) is 21.1. The Morgan fingerprint density at radius 1 is 0.867 bits per heavy atom. The van der Waals surface area contributed by atoms with Crippen LogP contribution >= 0.6 is 0 Å². The maximum absolute atomic E-state index is 12.7. The molecule has 2 amide bonds. The van der Waals surface area contributed by atoms with Crippen LogP contribution in [0, 0.1) is 5.92 Å². The van der Waals surface area contributed by atoms with Gasteiger partial charge in [-0.2, -0.15) is 0 Å². The topological polar surface area (TPSA) is 67.4 Å². The van der Waals surface area contributed by atoms with Crippen LogP contribution in [-0.4, -0.2) is 18.9 Å². The van der Waals surface area contributed by atoms with Crippen LogP contribution in [0.2, 0.25) is 0 Å². The molecule has 0 radical (unpaired) electrons. The molecule has 30 heavy (non-hydrogen) atoms. The zero-order chi connectivity index (χ0) is 21.5. The number of carbonyl (C=O) groups is 2. The Morgan fingerprint density at radius 2 is 1.53 bits per heavy atom. The minimum atomic E-state index is -0.215. The lowest BCUT2D eigenvalue weighted by Gasteiger charge is -2.12. The Morgan fingerprint density at radius 3 is 2.17 bits per heavy atom. The summed E-state index contributed by atoms with van der Waals surface area (Å²) in [6.07, 6.45) is 0.706. The maximum Gasteiger partial charge on any atom is 0.255 e. The first-order chi connectivity index (χ1) is 14.5. The molecule has 0 fully saturated rings. The zero-order valence-electron chi connectivity index (χ0n) is 17.4. The molecule has 154 valence electrons. The van der Waals surface area contributed by atoms with Crippen LogP contribution < -0.4 is 15.4 Å². The van der Waals surface area contributed by atoms with Gasteiger partial charge in [-0.25, -0.2) is 0 Å². The van der Waals surface area contributed by atoms with Gasteiger partial charge in [0.25, 0.3) is 5.91 Å². The Balaban J connectivity index is 1.71. The fourth-order valence-electron chi connectivity index (χ4n) is 3.01. The van der Waals surface area contributed by atoms with Crippen LogP contribution in [0.4, 0.5) is 11.4 Å². The van der Waals surface area contributed by atoms with Gasteiger partial charge >= 0.3 is 0 Å². The monoisotopic (exact) mass is 402 g/mol. The number of rotatable bonds is 7. The highest BCUT2D eigenvalue weighted by Gasteiger charge is 2.11. The van der Waals surface area contributed by atoms with Crippen molar-refractivity contribution in [2.75, 3.05) is 17.7 Å². The Labute approximate surface area is 177 Å². The van der Waals surface area contributed by atoms with E-state index in [0.29, 0.717) is 23.4 Å². The van der Waals surface area contributed by atoms with Crippen molar-refractivity contribution < 1.29 is 14.3 Å². The average molecular weight is 402 g/mol. The van der Waals surface area contributed by atoms with Crippen LogP contribution in [0.3, 0.4) is 0 Å². The maximum atomic E-state index is 12.7. The highest BCUT2D eigenvalue weighted by molar-refractivity contribution is 6.04. The van der Waals surface area contributed by atoms with Crippen molar-refractivity contribution in [1.82, 2.24) is 0 Å². The molecule has 0 spiro atoms. The highest BCUT2D eigenvalue weighted by Crippen LogP contribution is 2.26. The molecule has 2 N–H and O–H groups in total. The molecule has 3 rings (SSSR count). The van der Waals surface area contributed by atoms with Crippen molar-refractivity contribution in [3.8, 4) is 5.75 Å². The molecule has 5 nitrogen and oxygen atoms in total. The van der Waals surface area contributed by atoms with Gasteiger partial charge in [0.05, 0.1) is 7.11 Å². The largest absolute Gasteiger partial charge is 0.496 e. The van der Waals surface area contributed by atoms with Gasteiger partial charge in [-0.1, -0.05) is 44.2 Å². The first-order valence-electron chi connectivity index (χ1n) is 9.89. The summed E-state index contributed by atoms with van der Waals surface area (Å²) in [6.45, 7) is 3.66. The Bertz CT molecular complexity index is 1010. The lowest BCUT2D eigenvalue weighted by atomic mass is 10.0. The standard InChI is InChI=1S/C25H26N2O3/c1-17(2)24(28)26-21-11-9-19(10-12-21)25(29)27-22-13-14-23(30-3)20(16-22)15-18-7-5-4-6-8-18/h4-14,16-17H,15H2,1-3H3,(H,26,28)(H,27,29). The number of nitrogens with one attached hydrogen (secondary N) is 2. The molecule has 0 atom stereocenters. The highest BCUT2D eigenvalue weighted by atomic mass is 16.5. The van der Waals surface area contributed by atoms with Crippen molar-refractivity contribution in [2.24, 2.45) is 5.92 Å². The summed E-state index contributed by atoms with van der Waals surface area (Å²) < 4.78 is 5.48. The summed E-state index contributed by atoms with van der Waals surface area (Å²) in [5, 5.41) is 5.75. The molecule has 0 aliphatic rings. The van der Waals surface area contributed by atoms with Crippen molar-refractivity contribution in [3.05, 3.63) is 89.5 Å². The normalized spacial score (nSPS) is 10.5. The second kappa shape index (κ2) is 9.74. The molecule has 3 aromatic carbocycles. The molecule has 0 saturated carbocycles. The summed E-state index contributed by atoms with van der Waals surface area (Å²) in [5.41, 5.74) is 4.04. The van der Waals surface area contributed by atoms with E-state index in [4.69, 9.17) is 4.74 Å². The van der Waals surface area contributed by atoms with Gasteiger partial charge in [0, 0.05) is 34.8 Å². The Hall–Kier alpha value is -3.60. The predicted octanol–water partition coefficient (Wildman–Crippen LogP) is 5.13. The molecular formula is C25H26N2O3. The van der Waals surface area contributed by atoms with Gasteiger partial charge in [-0.05, 0) is 48.0 Å². The molecule has 0 aliphatic heterocycles. The quantitative estimate of drug-likeness (QED) is 0.575. The zero-order valence-corrected chi connectivity index (χ0v) is 17.4. The number of carbonyl (C=O) groups excluding carboxylic acids is 2. The van der Waals surface area contributed by atoms with E-state index < -0.39 is 0 Å². The molecule has 0 bridgehead atoms. The van der Waals surface area contributed by atoms with E-state index in [-0.39, 0.29) is 17.7 Å². The van der Waals surface area contributed by atoms with Gasteiger partial charge < -0.3 is 15.4 Å². The Kier molecular flexibility index (Phi) is 6.86. The molecular weight excluding hydrogens is 376 g/mol. The number of ether oxygens (including phenoxy) is 1. The van der Waals surface area contributed by atoms with E-state index in [0.717, 1.165) is 11.3 Å². The SMILES string of the molecule is COc1ccc(NC(=O)c2ccc(NC(=O)C(C)C)cc2)cc1Cc1ccccc1. The van der Waals surface area contributed by atoms with Crippen LogP contribution in [0.25, 0.3) is 0 Å². The van der Waals surface area contributed by atoms with E-state index in [1.807, 2.05) is 50.2 Å². The van der Waals surface area contributed by atoms with Crippen LogP contribution in [0.5, 0.6) is 5.75 Å². The third kappa shape index (κ3) is 5.47. The lowest BCUT2D eigenvalue weighted by Crippen LogP contribution is -2.18.